The van der Waals surface area contributed by atoms with Crippen molar-refractivity contribution in [2.45, 2.75) is 25.1 Å². The Bertz CT molecular complexity index is 692. The van der Waals surface area contributed by atoms with Crippen molar-refractivity contribution in [1.29, 1.82) is 0 Å². The molecule has 1 aliphatic heterocycles. The molecule has 0 radical (unpaired) electrons. The molecule has 0 spiro atoms. The lowest BCUT2D eigenvalue weighted by molar-refractivity contribution is 0.164. The van der Waals surface area contributed by atoms with Crippen LogP contribution in [0.15, 0.2) is 22.7 Å². The molecule has 1 N–H and O–H groups in total. The Kier molecular flexibility index (Phi) is 4.27. The van der Waals surface area contributed by atoms with E-state index in [2.05, 4.69) is 10.1 Å². The zero-order valence-corrected chi connectivity index (χ0v) is 12.9. The molecule has 6 nitrogen and oxygen atoms in total. The maximum absolute atomic E-state index is 13.5. The Morgan fingerprint density at radius 2 is 2.13 bits per heavy atom. The smallest absolute Gasteiger partial charge is 0.265 e. The predicted octanol–water partition coefficient (Wildman–Crippen LogP) is 1.72. The second-order valence-corrected chi connectivity index (χ2v) is 5.89. The molecule has 2 aromatic rings. The molecule has 0 bridgehead atoms. The molecule has 2 heterocycles. The van der Waals surface area contributed by atoms with Crippen molar-refractivity contribution in [2.75, 3.05) is 25.5 Å². The van der Waals surface area contributed by atoms with E-state index in [0.29, 0.717) is 36.9 Å². The van der Waals surface area contributed by atoms with E-state index in [1.165, 1.54) is 12.1 Å². The summed E-state index contributed by atoms with van der Waals surface area (Å²) in [6, 6.07) is 3.58. The second-order valence-electron chi connectivity index (χ2n) is 5.89. The van der Waals surface area contributed by atoms with Crippen LogP contribution in [0.3, 0.4) is 0 Å². The van der Waals surface area contributed by atoms with Gasteiger partial charge in [-0.05, 0) is 29.3 Å². The van der Waals surface area contributed by atoms with E-state index in [-0.39, 0.29) is 6.04 Å². The molecule has 0 saturated carbocycles. The summed E-state index contributed by atoms with van der Waals surface area (Å²) in [5.74, 6) is -0.901. The standard InChI is InChI=1S/C15H18F2N4O2/c1-20(2)15-18-14(23-19-15)8-21-7-10(22)6-13(21)9-3-4-11(16)12(17)5-9/h3-5,10,13,22H,6-8H2,1-2H3/t10-,13+/m0/s1. The van der Waals surface area contributed by atoms with Crippen molar-refractivity contribution in [3.8, 4) is 0 Å². The molecular formula is C15H18F2N4O2. The summed E-state index contributed by atoms with van der Waals surface area (Å²) in [7, 11) is 3.61. The molecule has 1 aromatic heterocycles. The molecular weight excluding hydrogens is 306 g/mol. The highest BCUT2D eigenvalue weighted by atomic mass is 19.2. The number of nitrogens with zero attached hydrogens (tertiary/aromatic N) is 4. The van der Waals surface area contributed by atoms with Gasteiger partial charge in [0.15, 0.2) is 11.6 Å². The Morgan fingerprint density at radius 3 is 2.78 bits per heavy atom. The van der Waals surface area contributed by atoms with Crippen LogP contribution in [0.25, 0.3) is 0 Å². The molecule has 1 fully saturated rings. The van der Waals surface area contributed by atoms with Gasteiger partial charge in [0.25, 0.3) is 5.95 Å². The summed E-state index contributed by atoms with van der Waals surface area (Å²) in [4.78, 5) is 7.89. The Labute approximate surface area is 132 Å². The number of hydrogen-bond acceptors (Lipinski definition) is 6. The first-order valence-electron chi connectivity index (χ1n) is 7.31. The highest BCUT2D eigenvalue weighted by Crippen LogP contribution is 2.33. The van der Waals surface area contributed by atoms with Gasteiger partial charge in [0.1, 0.15) is 0 Å². The van der Waals surface area contributed by atoms with E-state index in [9.17, 15) is 13.9 Å². The highest BCUT2D eigenvalue weighted by molar-refractivity contribution is 5.25. The lowest BCUT2D eigenvalue weighted by Crippen LogP contribution is -2.24. The van der Waals surface area contributed by atoms with E-state index in [4.69, 9.17) is 4.52 Å². The number of halogens is 2. The minimum atomic E-state index is -0.892. The van der Waals surface area contributed by atoms with Gasteiger partial charge in [-0.3, -0.25) is 4.90 Å². The summed E-state index contributed by atoms with van der Waals surface area (Å²) in [6.45, 7) is 0.741. The van der Waals surface area contributed by atoms with Crippen LogP contribution < -0.4 is 4.90 Å². The zero-order chi connectivity index (χ0) is 16.6. The van der Waals surface area contributed by atoms with E-state index < -0.39 is 17.7 Å². The number of aromatic nitrogens is 2. The summed E-state index contributed by atoms with van der Waals surface area (Å²) in [5, 5.41) is 13.8. The van der Waals surface area contributed by atoms with Gasteiger partial charge in [0, 0.05) is 26.7 Å². The van der Waals surface area contributed by atoms with Crippen LogP contribution in [0.2, 0.25) is 0 Å². The fraction of sp³-hybridized carbons (Fsp3) is 0.467. The molecule has 1 aromatic carbocycles. The SMILES string of the molecule is CN(C)c1noc(CN2C[C@@H](O)C[C@@H]2c2ccc(F)c(F)c2)n1. The third kappa shape index (κ3) is 3.32. The predicted molar refractivity (Wildman–Crippen MR) is 78.8 cm³/mol. The van der Waals surface area contributed by atoms with Crippen LogP contribution in [-0.4, -0.2) is 46.9 Å². The van der Waals surface area contributed by atoms with Gasteiger partial charge in [-0.15, -0.1) is 0 Å². The Balaban J connectivity index is 1.80. The zero-order valence-electron chi connectivity index (χ0n) is 12.9. The topological polar surface area (TPSA) is 65.6 Å². The normalized spacial score (nSPS) is 21.8. The molecule has 2 atom stereocenters. The van der Waals surface area contributed by atoms with E-state index in [1.54, 1.807) is 19.0 Å². The first kappa shape index (κ1) is 15.8. The number of rotatable bonds is 4. The molecule has 3 rings (SSSR count). The average Bonchev–Trinajstić information content (AvgIpc) is 3.09. The average molecular weight is 324 g/mol. The summed E-state index contributed by atoms with van der Waals surface area (Å²) in [6.07, 6.45) is -0.0934. The third-order valence-electron chi connectivity index (χ3n) is 3.91. The maximum Gasteiger partial charge on any atom is 0.265 e. The number of aliphatic hydroxyl groups is 1. The van der Waals surface area contributed by atoms with Crippen molar-refractivity contribution < 1.29 is 18.4 Å². The minimum absolute atomic E-state index is 0.227. The van der Waals surface area contributed by atoms with Crippen molar-refractivity contribution in [2.24, 2.45) is 0 Å². The fourth-order valence-electron chi connectivity index (χ4n) is 2.79. The molecule has 1 saturated heterocycles. The highest BCUT2D eigenvalue weighted by Gasteiger charge is 2.33. The van der Waals surface area contributed by atoms with Crippen molar-refractivity contribution >= 4 is 5.95 Å². The first-order valence-corrected chi connectivity index (χ1v) is 7.31. The number of benzene rings is 1. The lowest BCUT2D eigenvalue weighted by atomic mass is 10.0. The largest absolute Gasteiger partial charge is 0.392 e. The van der Waals surface area contributed by atoms with Crippen LogP contribution in [-0.2, 0) is 6.54 Å². The van der Waals surface area contributed by atoms with Gasteiger partial charge in [0.05, 0.1) is 12.6 Å². The van der Waals surface area contributed by atoms with Gasteiger partial charge in [-0.1, -0.05) is 6.07 Å². The number of anilines is 1. The fourth-order valence-corrected chi connectivity index (χ4v) is 2.79. The van der Waals surface area contributed by atoms with Crippen LogP contribution in [0.5, 0.6) is 0 Å². The first-order chi connectivity index (χ1) is 10.9. The van der Waals surface area contributed by atoms with Gasteiger partial charge in [0.2, 0.25) is 5.89 Å². The monoisotopic (exact) mass is 324 g/mol. The van der Waals surface area contributed by atoms with E-state index >= 15 is 0 Å². The summed E-state index contributed by atoms with van der Waals surface area (Å²) in [5.41, 5.74) is 0.618. The summed E-state index contributed by atoms with van der Waals surface area (Å²) < 4.78 is 31.8. The quantitative estimate of drug-likeness (QED) is 0.924. The van der Waals surface area contributed by atoms with Crippen molar-refractivity contribution in [3.63, 3.8) is 0 Å². The number of likely N-dealkylation sites (tertiary alicyclic amines) is 1. The van der Waals surface area contributed by atoms with Gasteiger partial charge < -0.3 is 14.5 Å². The Morgan fingerprint density at radius 1 is 1.35 bits per heavy atom. The lowest BCUT2D eigenvalue weighted by Gasteiger charge is -2.22. The molecule has 8 heteroatoms. The number of hydrogen-bond donors (Lipinski definition) is 1. The molecule has 1 aliphatic rings. The maximum atomic E-state index is 13.5. The van der Waals surface area contributed by atoms with Crippen LogP contribution in [0.4, 0.5) is 14.7 Å². The summed E-state index contributed by atoms with van der Waals surface area (Å²) >= 11 is 0. The van der Waals surface area contributed by atoms with Crippen molar-refractivity contribution in [1.82, 2.24) is 15.0 Å². The van der Waals surface area contributed by atoms with E-state index in [0.717, 1.165) is 6.07 Å². The van der Waals surface area contributed by atoms with Gasteiger partial charge >= 0.3 is 0 Å². The van der Waals surface area contributed by atoms with Crippen LogP contribution in [0, 0.1) is 11.6 Å². The molecule has 124 valence electrons. The minimum Gasteiger partial charge on any atom is -0.392 e. The van der Waals surface area contributed by atoms with Crippen molar-refractivity contribution in [3.05, 3.63) is 41.3 Å². The van der Waals surface area contributed by atoms with E-state index in [1.807, 2.05) is 4.90 Å². The van der Waals surface area contributed by atoms with Gasteiger partial charge in [-0.25, -0.2) is 8.78 Å². The molecule has 0 amide bonds. The molecule has 23 heavy (non-hydrogen) atoms. The van der Waals surface area contributed by atoms with Gasteiger partial charge in [-0.2, -0.15) is 4.98 Å². The van der Waals surface area contributed by atoms with Crippen LogP contribution in [0.1, 0.15) is 23.9 Å². The molecule has 0 unspecified atom stereocenters. The second kappa shape index (κ2) is 6.21. The Hall–Kier alpha value is -2.06. The third-order valence-corrected chi connectivity index (χ3v) is 3.91. The van der Waals surface area contributed by atoms with Crippen LogP contribution >= 0.6 is 0 Å². The number of aliphatic hydroxyl groups excluding tert-OH is 1. The molecule has 0 aliphatic carbocycles. The number of β-amino-alcohol motifs (C(OH)–C–C–N with tert-alkyl or cyclic N) is 1.